The zero-order chi connectivity index (χ0) is 27.4. The molecule has 0 saturated carbocycles. The van der Waals surface area contributed by atoms with E-state index in [0.717, 1.165) is 12.1 Å². The second kappa shape index (κ2) is 11.6. The van der Waals surface area contributed by atoms with Crippen molar-refractivity contribution < 1.29 is 31.9 Å². The highest BCUT2D eigenvalue weighted by atomic mass is 32.2. The molecule has 2 amide bonds. The average Bonchev–Trinajstić information content (AvgIpc) is 3.21. The Balaban J connectivity index is 1.73. The number of hydrogen-bond acceptors (Lipinski definition) is 7. The van der Waals surface area contributed by atoms with Crippen molar-refractivity contribution in [3.63, 3.8) is 0 Å². The van der Waals surface area contributed by atoms with Crippen molar-refractivity contribution in [2.24, 2.45) is 5.92 Å². The van der Waals surface area contributed by atoms with E-state index in [1.54, 1.807) is 24.3 Å². The monoisotopic (exact) mass is 545 g/mol. The number of halogens is 1. The number of nitrogens with one attached hydrogen (secondary N) is 2. The van der Waals surface area contributed by atoms with Crippen molar-refractivity contribution in [2.45, 2.75) is 56.2 Å². The van der Waals surface area contributed by atoms with Crippen LogP contribution in [0.25, 0.3) is 11.0 Å². The maximum Gasteiger partial charge on any atom is 0.287 e. The Labute approximate surface area is 221 Å². The second-order valence-electron chi connectivity index (χ2n) is 9.85. The first-order chi connectivity index (χ1) is 18.1. The van der Waals surface area contributed by atoms with E-state index in [4.69, 9.17) is 4.42 Å². The molecule has 0 aliphatic carbocycles. The highest BCUT2D eigenvalue weighted by molar-refractivity contribution is 7.89. The highest BCUT2D eigenvalue weighted by Gasteiger charge is 2.43. The van der Waals surface area contributed by atoms with Crippen LogP contribution >= 0.6 is 0 Å². The first-order valence-corrected chi connectivity index (χ1v) is 14.0. The van der Waals surface area contributed by atoms with Crippen LogP contribution in [0.15, 0.2) is 63.9 Å². The number of carbonyl (C=O) groups is 2. The summed E-state index contributed by atoms with van der Waals surface area (Å²) >= 11 is 0. The number of para-hydroxylation sites is 1. The zero-order valence-corrected chi connectivity index (χ0v) is 22.1. The van der Waals surface area contributed by atoms with Gasteiger partial charge in [-0.05, 0) is 56.0 Å². The lowest BCUT2D eigenvalue weighted by Crippen LogP contribution is -2.57. The first-order valence-electron chi connectivity index (χ1n) is 12.6. The SMILES string of the molecule is CC(C)CC(NC(=O)c1cc2ccccc2o1)C(=O)N(C1CCCNC[C@@H]1O)S(=O)(=O)c1ccccc1F. The maximum absolute atomic E-state index is 14.7. The molecular weight excluding hydrogens is 513 g/mol. The first kappa shape index (κ1) is 27.7. The quantitative estimate of drug-likeness (QED) is 0.397. The maximum atomic E-state index is 14.7. The van der Waals surface area contributed by atoms with Gasteiger partial charge >= 0.3 is 0 Å². The van der Waals surface area contributed by atoms with Crippen LogP contribution in [0.1, 0.15) is 43.7 Å². The van der Waals surface area contributed by atoms with E-state index in [2.05, 4.69) is 10.6 Å². The van der Waals surface area contributed by atoms with Gasteiger partial charge in [-0.1, -0.05) is 44.2 Å². The lowest BCUT2D eigenvalue weighted by molar-refractivity contribution is -0.132. The van der Waals surface area contributed by atoms with Gasteiger partial charge in [0.1, 0.15) is 22.3 Å². The Hall–Kier alpha value is -3.28. The number of carbonyl (C=O) groups excluding carboxylic acids is 2. The number of amides is 2. The molecule has 2 unspecified atom stereocenters. The predicted octanol–water partition coefficient (Wildman–Crippen LogP) is 3.05. The molecule has 3 N–H and O–H groups in total. The summed E-state index contributed by atoms with van der Waals surface area (Å²) in [6.07, 6.45) is -0.471. The van der Waals surface area contributed by atoms with Crippen LogP contribution in [-0.4, -0.2) is 60.9 Å². The number of benzene rings is 2. The van der Waals surface area contributed by atoms with E-state index in [0.29, 0.717) is 28.2 Å². The summed E-state index contributed by atoms with van der Waals surface area (Å²) in [7, 11) is -4.74. The van der Waals surface area contributed by atoms with Crippen LogP contribution in [0, 0.1) is 11.7 Å². The normalized spacial score (nSPS) is 19.2. The van der Waals surface area contributed by atoms with Crippen molar-refractivity contribution in [1.82, 2.24) is 14.9 Å². The number of nitrogens with zero attached hydrogens (tertiary/aromatic N) is 1. The number of fused-ring (bicyclic) bond motifs is 1. The van der Waals surface area contributed by atoms with Crippen LogP contribution in [0.5, 0.6) is 0 Å². The Morgan fingerprint density at radius 2 is 1.89 bits per heavy atom. The molecule has 3 atom stereocenters. The van der Waals surface area contributed by atoms with Crippen molar-refractivity contribution in [3.8, 4) is 0 Å². The summed E-state index contributed by atoms with van der Waals surface area (Å²) in [6, 6.07) is 10.9. The molecule has 9 nitrogen and oxygen atoms in total. The summed E-state index contributed by atoms with van der Waals surface area (Å²) in [5.74, 6) is -2.80. The molecule has 1 saturated heterocycles. The fourth-order valence-corrected chi connectivity index (χ4v) is 6.42. The molecule has 1 fully saturated rings. The van der Waals surface area contributed by atoms with Crippen LogP contribution in [0.4, 0.5) is 4.39 Å². The summed E-state index contributed by atoms with van der Waals surface area (Å²) in [5.41, 5.74) is 0.488. The smallest absolute Gasteiger partial charge is 0.287 e. The highest BCUT2D eigenvalue weighted by Crippen LogP contribution is 2.28. The van der Waals surface area contributed by atoms with E-state index >= 15 is 0 Å². The molecule has 2 heterocycles. The van der Waals surface area contributed by atoms with Gasteiger partial charge in [-0.2, -0.15) is 0 Å². The van der Waals surface area contributed by atoms with Gasteiger partial charge in [0.15, 0.2) is 5.76 Å². The molecule has 4 rings (SSSR count). The molecular formula is C27H32FN3O6S. The minimum Gasteiger partial charge on any atom is -0.451 e. The fraction of sp³-hybridized carbons (Fsp3) is 0.407. The van der Waals surface area contributed by atoms with Crippen LogP contribution in [0.2, 0.25) is 0 Å². The lowest BCUT2D eigenvalue weighted by Gasteiger charge is -2.35. The number of hydrogen-bond donors (Lipinski definition) is 3. The number of aliphatic hydroxyl groups is 1. The average molecular weight is 546 g/mol. The van der Waals surface area contributed by atoms with E-state index in [9.17, 15) is 27.5 Å². The molecule has 204 valence electrons. The number of β-amino-alcohol motifs (C(OH)–C–C–N with tert-alkyl or cyclic N) is 1. The molecule has 1 aromatic heterocycles. The third kappa shape index (κ3) is 5.90. The number of sulfonamides is 1. The summed E-state index contributed by atoms with van der Waals surface area (Å²) < 4.78 is 48.6. The van der Waals surface area contributed by atoms with Crippen molar-refractivity contribution >= 4 is 32.8 Å². The van der Waals surface area contributed by atoms with Crippen molar-refractivity contribution in [2.75, 3.05) is 13.1 Å². The topological polar surface area (TPSA) is 129 Å². The number of furan rings is 1. The van der Waals surface area contributed by atoms with Crippen LogP contribution in [0.3, 0.4) is 0 Å². The van der Waals surface area contributed by atoms with Gasteiger partial charge in [0, 0.05) is 11.9 Å². The predicted molar refractivity (Wildman–Crippen MR) is 139 cm³/mol. The molecule has 1 aliphatic rings. The molecule has 38 heavy (non-hydrogen) atoms. The van der Waals surface area contributed by atoms with Gasteiger partial charge in [-0.3, -0.25) is 9.59 Å². The zero-order valence-electron chi connectivity index (χ0n) is 21.3. The summed E-state index contributed by atoms with van der Waals surface area (Å²) in [4.78, 5) is 26.5. The van der Waals surface area contributed by atoms with Gasteiger partial charge < -0.3 is 20.2 Å². The Morgan fingerprint density at radius 3 is 2.61 bits per heavy atom. The number of rotatable bonds is 8. The van der Waals surface area contributed by atoms with Gasteiger partial charge in [-0.25, -0.2) is 17.1 Å². The molecule has 0 spiro atoms. The van der Waals surface area contributed by atoms with Crippen LogP contribution in [-0.2, 0) is 14.8 Å². The number of aliphatic hydroxyl groups excluding tert-OH is 1. The third-order valence-corrected chi connectivity index (χ3v) is 8.36. The Kier molecular flexibility index (Phi) is 8.49. The summed E-state index contributed by atoms with van der Waals surface area (Å²) in [5, 5.41) is 17.2. The largest absolute Gasteiger partial charge is 0.451 e. The molecule has 3 aromatic rings. The van der Waals surface area contributed by atoms with Crippen molar-refractivity contribution in [1.29, 1.82) is 0 Å². The van der Waals surface area contributed by atoms with Gasteiger partial charge in [0.05, 0.1) is 12.1 Å². The molecule has 0 bridgehead atoms. The van der Waals surface area contributed by atoms with E-state index in [1.165, 1.54) is 18.2 Å². The minimum atomic E-state index is -4.74. The van der Waals surface area contributed by atoms with Gasteiger partial charge in [0.2, 0.25) is 0 Å². The second-order valence-corrected chi connectivity index (χ2v) is 11.6. The minimum absolute atomic E-state index is 0.0324. The van der Waals surface area contributed by atoms with E-state index < -0.39 is 50.7 Å². The lowest BCUT2D eigenvalue weighted by atomic mass is 10.0. The molecule has 2 aromatic carbocycles. The molecule has 11 heteroatoms. The van der Waals surface area contributed by atoms with Crippen molar-refractivity contribution in [3.05, 3.63) is 66.2 Å². The molecule has 1 aliphatic heterocycles. The molecule has 0 radical (unpaired) electrons. The Morgan fingerprint density at radius 1 is 1.18 bits per heavy atom. The van der Waals surface area contributed by atoms with E-state index in [1.807, 2.05) is 13.8 Å². The summed E-state index contributed by atoms with van der Waals surface area (Å²) in [6.45, 7) is 4.23. The van der Waals surface area contributed by atoms with E-state index in [-0.39, 0.29) is 31.1 Å². The van der Waals surface area contributed by atoms with Gasteiger partial charge in [0.25, 0.3) is 21.8 Å². The Bertz CT molecular complexity index is 1370. The third-order valence-electron chi connectivity index (χ3n) is 6.50. The van der Waals surface area contributed by atoms with Gasteiger partial charge in [-0.15, -0.1) is 0 Å². The van der Waals surface area contributed by atoms with Crippen LogP contribution < -0.4 is 10.6 Å². The fourth-order valence-electron chi connectivity index (χ4n) is 4.68. The standard InChI is InChI=1S/C27H32FN3O6S/c1-17(2)14-20(30-26(33)24-15-18-8-3-5-11-23(18)37-24)27(34)31(21-10-7-13-29-16-22(21)32)38(35,36)25-12-6-4-9-19(25)28/h3-6,8-9,11-12,15,17,20-22,29,32H,7,10,13-14,16H2,1-2H3,(H,30,33)/t20?,21?,22-/m0/s1.